The summed E-state index contributed by atoms with van der Waals surface area (Å²) in [7, 11) is 0. The topological polar surface area (TPSA) is 78.9 Å². The molecule has 17 heavy (non-hydrogen) atoms. The van der Waals surface area contributed by atoms with Gasteiger partial charge < -0.3 is 11.4 Å². The minimum atomic E-state index is -3.02. The number of carbonyl (C=O) groups is 3. The fraction of sp³-hybridized carbons (Fsp3) is 0.700. The molecule has 0 heterocycles. The standard InChI is InChI=1S/C4H8O2.2C3H6O2.Al/c1-2-3-4(5)6;2*1-2-3(4)5;/h2-3H2,1H3,(H,5,6);2*2H2,1H3,(H,4,5);/q;;;+3/p-3. The van der Waals surface area contributed by atoms with Gasteiger partial charge in [0.1, 0.15) is 0 Å². The largest absolute Gasteiger partial charge is 1.20 e. The first kappa shape index (κ1) is 15.9. The molecule has 0 amide bonds. The Labute approximate surface area is 106 Å². The molecule has 0 bridgehead atoms. The lowest BCUT2D eigenvalue weighted by molar-refractivity contribution is -0.147. The molecular weight excluding hydrogens is 243 g/mol. The Morgan fingerprint density at radius 1 is 0.824 bits per heavy atom. The predicted octanol–water partition coefficient (Wildman–Crippen LogP) is 1.22. The maximum atomic E-state index is 11.2. The van der Waals surface area contributed by atoms with Gasteiger partial charge in [-0.15, -0.1) is 0 Å². The van der Waals surface area contributed by atoms with Crippen molar-refractivity contribution in [3.63, 3.8) is 0 Å². The lowest BCUT2D eigenvalue weighted by atomic mass is 10.4. The van der Waals surface area contributed by atoms with E-state index in [1.807, 2.05) is 6.92 Å². The minimum absolute atomic E-state index is 0.137. The van der Waals surface area contributed by atoms with E-state index >= 15 is 0 Å². The molecule has 0 aliphatic rings. The molecule has 0 atom stereocenters. The van der Waals surface area contributed by atoms with Gasteiger partial charge in [-0.2, -0.15) is 0 Å². The highest BCUT2D eigenvalue weighted by atomic mass is 27.3. The quantitative estimate of drug-likeness (QED) is 0.640. The molecule has 0 saturated carbocycles. The fourth-order valence-electron chi connectivity index (χ4n) is 0.824. The summed E-state index contributed by atoms with van der Waals surface area (Å²) < 4.78 is 14.5. The lowest BCUT2D eigenvalue weighted by Crippen LogP contribution is -2.34. The summed E-state index contributed by atoms with van der Waals surface area (Å²) in [5.74, 6) is -1.61. The maximum absolute atomic E-state index is 11.2. The van der Waals surface area contributed by atoms with Crippen molar-refractivity contribution < 1.29 is 25.7 Å². The molecule has 0 spiro atoms. The van der Waals surface area contributed by atoms with Crippen LogP contribution in [-0.2, 0) is 25.7 Å². The molecule has 0 radical (unpaired) electrons. The molecule has 0 N–H and O–H groups in total. The van der Waals surface area contributed by atoms with Crippen molar-refractivity contribution in [2.75, 3.05) is 0 Å². The molecule has 0 aromatic carbocycles. The van der Waals surface area contributed by atoms with Crippen LogP contribution in [0, 0.1) is 0 Å². The van der Waals surface area contributed by atoms with Crippen LogP contribution in [0.1, 0.15) is 46.5 Å². The van der Waals surface area contributed by atoms with Gasteiger partial charge in [-0.1, -0.05) is 20.8 Å². The van der Waals surface area contributed by atoms with Gasteiger partial charge in [0.05, 0.1) is 0 Å². The summed E-state index contributed by atoms with van der Waals surface area (Å²) in [6, 6.07) is 0. The van der Waals surface area contributed by atoms with Gasteiger partial charge in [0.15, 0.2) is 0 Å². The molecule has 0 unspecified atom stereocenters. The average Bonchev–Trinajstić information content (AvgIpc) is 2.28. The summed E-state index contributed by atoms with van der Waals surface area (Å²) in [5, 5.41) is 0. The van der Waals surface area contributed by atoms with Crippen molar-refractivity contribution in [2.45, 2.75) is 46.5 Å². The third-order valence-corrected chi connectivity index (χ3v) is 3.08. The van der Waals surface area contributed by atoms with Gasteiger partial charge >= 0.3 is 15.1 Å². The number of rotatable bonds is 7. The third-order valence-electron chi connectivity index (χ3n) is 1.71. The summed E-state index contributed by atoms with van der Waals surface area (Å²) in [6.07, 6.45) is 1.09. The van der Waals surface area contributed by atoms with Gasteiger partial charge in [-0.25, -0.2) is 0 Å². The Hall–Kier alpha value is -1.06. The van der Waals surface area contributed by atoms with E-state index in [0.29, 0.717) is 6.42 Å². The fourth-order valence-corrected chi connectivity index (χ4v) is 2.06. The highest BCUT2D eigenvalue weighted by molar-refractivity contribution is 6.44. The molecule has 0 aromatic rings. The van der Waals surface area contributed by atoms with Gasteiger partial charge in [-0.3, -0.25) is 14.4 Å². The molecule has 7 heteroatoms. The van der Waals surface area contributed by atoms with Crippen LogP contribution in [0.25, 0.3) is 0 Å². The molecule has 0 aliphatic carbocycles. The highest BCUT2D eigenvalue weighted by Crippen LogP contribution is 2.01. The first-order valence-corrected chi connectivity index (χ1v) is 7.03. The second kappa shape index (κ2) is 9.02. The number of hydrogen-bond acceptors (Lipinski definition) is 6. The Kier molecular flexibility index (Phi) is 8.46. The zero-order valence-electron chi connectivity index (χ0n) is 10.4. The van der Waals surface area contributed by atoms with E-state index in [9.17, 15) is 14.4 Å². The zero-order valence-corrected chi connectivity index (χ0v) is 11.5. The highest BCUT2D eigenvalue weighted by Gasteiger charge is 2.48. The van der Waals surface area contributed by atoms with Crippen molar-refractivity contribution in [1.29, 1.82) is 0 Å². The van der Waals surface area contributed by atoms with E-state index in [1.54, 1.807) is 13.8 Å². The van der Waals surface area contributed by atoms with E-state index < -0.39 is 33.1 Å². The third kappa shape index (κ3) is 7.77. The van der Waals surface area contributed by atoms with Crippen LogP contribution in [0.5, 0.6) is 0 Å². The molecule has 0 saturated heterocycles. The maximum Gasteiger partial charge on any atom is 1.20 e. The molecule has 0 fully saturated rings. The monoisotopic (exact) mass is 260 g/mol. The van der Waals surface area contributed by atoms with Crippen LogP contribution < -0.4 is 0 Å². The van der Waals surface area contributed by atoms with Crippen molar-refractivity contribution in [2.24, 2.45) is 0 Å². The van der Waals surface area contributed by atoms with Crippen LogP contribution in [0.15, 0.2) is 0 Å². The normalized spacial score (nSPS) is 9.35. The van der Waals surface area contributed by atoms with E-state index in [1.165, 1.54) is 0 Å². The molecular formula is C10H17AlO6. The van der Waals surface area contributed by atoms with Crippen molar-refractivity contribution >= 4 is 33.1 Å². The second-order valence-electron chi connectivity index (χ2n) is 3.22. The molecule has 0 rings (SSSR count). The Bertz CT molecular complexity index is 260. The van der Waals surface area contributed by atoms with E-state index in [4.69, 9.17) is 11.4 Å². The van der Waals surface area contributed by atoms with Crippen LogP contribution in [0.4, 0.5) is 0 Å². The van der Waals surface area contributed by atoms with Gasteiger partial charge in [-0.05, 0) is 6.42 Å². The van der Waals surface area contributed by atoms with Crippen LogP contribution in [-0.4, -0.2) is 33.1 Å². The first-order chi connectivity index (χ1) is 8.03. The molecule has 6 nitrogen and oxygen atoms in total. The molecule has 0 aromatic heterocycles. The predicted molar refractivity (Wildman–Crippen MR) is 59.5 cm³/mol. The van der Waals surface area contributed by atoms with Crippen LogP contribution >= 0.6 is 0 Å². The average molecular weight is 260 g/mol. The van der Waals surface area contributed by atoms with Crippen LogP contribution in [0.2, 0.25) is 0 Å². The summed E-state index contributed by atoms with van der Waals surface area (Å²) >= 11 is -3.02. The Morgan fingerprint density at radius 2 is 1.24 bits per heavy atom. The van der Waals surface area contributed by atoms with Gasteiger partial charge in [0.2, 0.25) is 0 Å². The second-order valence-corrected chi connectivity index (χ2v) is 4.50. The molecule has 0 aliphatic heterocycles. The van der Waals surface area contributed by atoms with Crippen LogP contribution in [0.3, 0.4) is 0 Å². The zero-order chi connectivity index (χ0) is 13.3. The van der Waals surface area contributed by atoms with E-state index in [-0.39, 0.29) is 19.3 Å². The van der Waals surface area contributed by atoms with E-state index in [2.05, 4.69) is 0 Å². The van der Waals surface area contributed by atoms with Crippen molar-refractivity contribution in [3.05, 3.63) is 0 Å². The van der Waals surface area contributed by atoms with E-state index in [0.717, 1.165) is 0 Å². The van der Waals surface area contributed by atoms with Crippen molar-refractivity contribution in [3.8, 4) is 0 Å². The first-order valence-electron chi connectivity index (χ1n) is 5.61. The summed E-state index contributed by atoms with van der Waals surface area (Å²) in [5.41, 5.74) is 0. The summed E-state index contributed by atoms with van der Waals surface area (Å²) in [6.45, 7) is 5.01. The SMILES string of the molecule is CCCC(=O)[O][Al]([O]C(=O)CC)[O]C(=O)CC. The number of hydrogen-bond donors (Lipinski definition) is 0. The van der Waals surface area contributed by atoms with Gasteiger partial charge in [0.25, 0.3) is 17.9 Å². The van der Waals surface area contributed by atoms with Crippen molar-refractivity contribution in [1.82, 2.24) is 0 Å². The Morgan fingerprint density at radius 3 is 1.59 bits per heavy atom. The number of carbonyl (C=O) groups excluding carboxylic acids is 3. The molecule has 96 valence electrons. The minimum Gasteiger partial charge on any atom is -0.551 e. The van der Waals surface area contributed by atoms with Gasteiger partial charge in [0, 0.05) is 19.3 Å². The lowest BCUT2D eigenvalue weighted by Gasteiger charge is -2.12. The summed E-state index contributed by atoms with van der Waals surface area (Å²) in [4.78, 5) is 33.3. The Balaban J connectivity index is 4.33. The smallest absolute Gasteiger partial charge is 0.551 e.